The van der Waals surface area contributed by atoms with Crippen LogP contribution in [0.5, 0.6) is 0 Å². The maximum absolute atomic E-state index is 14.4. The third-order valence-corrected chi connectivity index (χ3v) is 6.64. The highest BCUT2D eigenvalue weighted by Gasteiger charge is 2.37. The van der Waals surface area contributed by atoms with Crippen LogP contribution in [0.3, 0.4) is 0 Å². The molecule has 0 spiro atoms. The Kier molecular flexibility index (Phi) is 14.2. The standard InChI is InChI=1S/C33H57N3O4/c1-12-13-14-15-16-17-20-36(30(38)27(21-23(2)3)34-31(39)40-33(9,10)11)28(29(37)35-32(6,7)8)26-19-18-24(4)25(5)22-26/h18-19,22-23,27-28H,12-17,20-21H2,1-11H3,(H,34,39)(H,35,37). The van der Waals surface area contributed by atoms with Crippen molar-refractivity contribution in [3.63, 3.8) is 0 Å². The molecule has 0 aliphatic rings. The zero-order chi connectivity index (χ0) is 30.7. The van der Waals surface area contributed by atoms with Crippen molar-refractivity contribution in [3.8, 4) is 0 Å². The monoisotopic (exact) mass is 559 g/mol. The Balaban J connectivity index is 3.53. The van der Waals surface area contributed by atoms with Crippen molar-refractivity contribution in [2.75, 3.05) is 6.54 Å². The van der Waals surface area contributed by atoms with Gasteiger partial charge in [0.1, 0.15) is 17.7 Å². The topological polar surface area (TPSA) is 87.7 Å². The molecule has 0 bridgehead atoms. The van der Waals surface area contributed by atoms with Gasteiger partial charge < -0.3 is 20.3 Å². The normalized spacial score (nSPS) is 13.5. The summed E-state index contributed by atoms with van der Waals surface area (Å²) in [6, 6.07) is 4.31. The Hall–Kier alpha value is -2.57. The quantitative estimate of drug-likeness (QED) is 0.233. The number of benzene rings is 1. The zero-order valence-corrected chi connectivity index (χ0v) is 27.2. The summed E-state index contributed by atoms with van der Waals surface area (Å²) in [6.07, 6.45) is 6.16. The van der Waals surface area contributed by atoms with Crippen molar-refractivity contribution < 1.29 is 19.1 Å². The Labute approximate surface area is 244 Å². The highest BCUT2D eigenvalue weighted by molar-refractivity contribution is 5.92. The number of rotatable bonds is 14. The molecule has 0 radical (unpaired) electrons. The fourth-order valence-corrected chi connectivity index (χ4v) is 4.62. The fourth-order valence-electron chi connectivity index (χ4n) is 4.62. The van der Waals surface area contributed by atoms with Gasteiger partial charge in [0.05, 0.1) is 0 Å². The van der Waals surface area contributed by atoms with Crippen molar-refractivity contribution in [1.29, 1.82) is 0 Å². The highest BCUT2D eigenvalue weighted by atomic mass is 16.6. The largest absolute Gasteiger partial charge is 0.444 e. The summed E-state index contributed by atoms with van der Waals surface area (Å²) in [5.74, 6) is -0.348. The maximum Gasteiger partial charge on any atom is 0.408 e. The lowest BCUT2D eigenvalue weighted by Gasteiger charge is -2.36. The maximum atomic E-state index is 14.4. The van der Waals surface area contributed by atoms with E-state index in [1.165, 1.54) is 12.8 Å². The van der Waals surface area contributed by atoms with Crippen LogP contribution in [0.4, 0.5) is 4.79 Å². The minimum atomic E-state index is -0.822. The Morgan fingerprint density at radius 3 is 2.02 bits per heavy atom. The number of amides is 3. The van der Waals surface area contributed by atoms with E-state index in [1.54, 1.807) is 25.7 Å². The number of hydrogen-bond acceptors (Lipinski definition) is 4. The van der Waals surface area contributed by atoms with E-state index in [2.05, 4.69) is 17.6 Å². The number of alkyl carbamates (subject to hydrolysis) is 1. The number of nitrogens with zero attached hydrogens (tertiary/aromatic N) is 1. The first-order chi connectivity index (χ1) is 18.4. The van der Waals surface area contributed by atoms with Gasteiger partial charge in [-0.25, -0.2) is 4.79 Å². The first kappa shape index (κ1) is 35.5. The van der Waals surface area contributed by atoms with Gasteiger partial charge in [-0.2, -0.15) is 0 Å². The van der Waals surface area contributed by atoms with Crippen LogP contribution in [-0.2, 0) is 14.3 Å². The number of aryl methyl sites for hydroxylation is 2. The predicted molar refractivity (Wildman–Crippen MR) is 164 cm³/mol. The summed E-state index contributed by atoms with van der Waals surface area (Å²) in [7, 11) is 0. The summed E-state index contributed by atoms with van der Waals surface area (Å²) in [5.41, 5.74) is 1.78. The minimum Gasteiger partial charge on any atom is -0.444 e. The van der Waals surface area contributed by atoms with Crippen LogP contribution >= 0.6 is 0 Å². The van der Waals surface area contributed by atoms with Gasteiger partial charge in [-0.15, -0.1) is 0 Å². The molecule has 1 aromatic rings. The first-order valence-electron chi connectivity index (χ1n) is 15.1. The molecule has 1 aromatic carbocycles. The van der Waals surface area contributed by atoms with Gasteiger partial charge >= 0.3 is 6.09 Å². The molecule has 0 saturated carbocycles. The smallest absolute Gasteiger partial charge is 0.408 e. The molecule has 1 rings (SSSR count). The molecule has 0 heterocycles. The third kappa shape index (κ3) is 13.2. The van der Waals surface area contributed by atoms with Crippen LogP contribution in [0.25, 0.3) is 0 Å². The number of ether oxygens (including phenoxy) is 1. The van der Waals surface area contributed by atoms with Gasteiger partial charge in [0, 0.05) is 12.1 Å². The van der Waals surface area contributed by atoms with Crippen LogP contribution in [-0.4, -0.2) is 46.5 Å². The Morgan fingerprint density at radius 2 is 1.50 bits per heavy atom. The van der Waals surface area contributed by atoms with Crippen LogP contribution in [0.15, 0.2) is 18.2 Å². The summed E-state index contributed by atoms with van der Waals surface area (Å²) in [5, 5.41) is 5.95. The van der Waals surface area contributed by atoms with Crippen molar-refractivity contribution >= 4 is 17.9 Å². The van der Waals surface area contributed by atoms with Gasteiger partial charge in [-0.3, -0.25) is 9.59 Å². The van der Waals surface area contributed by atoms with E-state index in [0.29, 0.717) is 13.0 Å². The first-order valence-corrected chi connectivity index (χ1v) is 15.1. The van der Waals surface area contributed by atoms with Crippen molar-refractivity contribution in [2.24, 2.45) is 5.92 Å². The van der Waals surface area contributed by atoms with E-state index in [9.17, 15) is 14.4 Å². The molecule has 7 nitrogen and oxygen atoms in total. The van der Waals surface area contributed by atoms with Crippen LogP contribution < -0.4 is 10.6 Å². The molecule has 0 saturated heterocycles. The minimum absolute atomic E-state index is 0.142. The summed E-state index contributed by atoms with van der Waals surface area (Å²) >= 11 is 0. The second kappa shape index (κ2) is 16.0. The average Bonchev–Trinajstić information content (AvgIpc) is 2.79. The fraction of sp³-hybridized carbons (Fsp3) is 0.727. The average molecular weight is 560 g/mol. The molecule has 40 heavy (non-hydrogen) atoms. The number of unbranched alkanes of at least 4 members (excludes halogenated alkanes) is 5. The zero-order valence-electron chi connectivity index (χ0n) is 27.2. The second-order valence-electron chi connectivity index (χ2n) is 13.6. The molecule has 7 heteroatoms. The second-order valence-corrected chi connectivity index (χ2v) is 13.6. The molecule has 0 aliphatic heterocycles. The van der Waals surface area contributed by atoms with Crippen LogP contribution in [0, 0.1) is 19.8 Å². The van der Waals surface area contributed by atoms with Crippen molar-refractivity contribution in [3.05, 3.63) is 34.9 Å². The molecule has 0 aromatic heterocycles. The highest BCUT2D eigenvalue weighted by Crippen LogP contribution is 2.27. The lowest BCUT2D eigenvalue weighted by Crippen LogP contribution is -2.55. The predicted octanol–water partition coefficient (Wildman–Crippen LogP) is 7.39. The molecular weight excluding hydrogens is 502 g/mol. The van der Waals surface area contributed by atoms with E-state index in [-0.39, 0.29) is 17.7 Å². The molecule has 2 unspecified atom stereocenters. The van der Waals surface area contributed by atoms with Gasteiger partial charge in [0.15, 0.2) is 0 Å². The Morgan fingerprint density at radius 1 is 0.900 bits per heavy atom. The molecule has 0 fully saturated rings. The summed E-state index contributed by atoms with van der Waals surface area (Å²) < 4.78 is 5.50. The lowest BCUT2D eigenvalue weighted by atomic mass is 9.95. The van der Waals surface area contributed by atoms with E-state index in [1.807, 2.05) is 66.7 Å². The van der Waals surface area contributed by atoms with Gasteiger partial charge in [0.2, 0.25) is 11.8 Å². The molecule has 0 aliphatic carbocycles. The van der Waals surface area contributed by atoms with E-state index in [0.717, 1.165) is 42.4 Å². The molecule has 2 atom stereocenters. The molecule has 3 amide bonds. The number of carbonyl (C=O) groups excluding carboxylic acids is 3. The Bertz CT molecular complexity index is 959. The summed E-state index contributed by atoms with van der Waals surface area (Å²) in [6.45, 7) is 21.9. The SMILES string of the molecule is CCCCCCCCN(C(=O)C(CC(C)C)NC(=O)OC(C)(C)C)C(C(=O)NC(C)(C)C)c1ccc(C)c(C)c1. The number of carbonyl (C=O) groups is 3. The van der Waals surface area contributed by atoms with Crippen molar-refractivity contribution in [2.45, 2.75) is 144 Å². The van der Waals surface area contributed by atoms with Crippen LogP contribution in [0.2, 0.25) is 0 Å². The van der Waals surface area contributed by atoms with Gasteiger partial charge in [0.25, 0.3) is 0 Å². The van der Waals surface area contributed by atoms with E-state index < -0.39 is 29.3 Å². The molecule has 228 valence electrons. The van der Waals surface area contributed by atoms with E-state index in [4.69, 9.17) is 4.74 Å². The summed E-state index contributed by atoms with van der Waals surface area (Å²) in [4.78, 5) is 42.8. The molecule has 2 N–H and O–H groups in total. The van der Waals surface area contributed by atoms with Crippen molar-refractivity contribution in [1.82, 2.24) is 15.5 Å². The van der Waals surface area contributed by atoms with Gasteiger partial charge in [-0.05, 0) is 90.8 Å². The van der Waals surface area contributed by atoms with Crippen LogP contribution in [0.1, 0.15) is 130 Å². The van der Waals surface area contributed by atoms with Gasteiger partial charge in [-0.1, -0.05) is 71.1 Å². The lowest BCUT2D eigenvalue weighted by molar-refractivity contribution is -0.143. The number of nitrogens with one attached hydrogen (secondary N) is 2. The molecular formula is C33H57N3O4. The number of hydrogen-bond donors (Lipinski definition) is 2. The third-order valence-electron chi connectivity index (χ3n) is 6.64. The van der Waals surface area contributed by atoms with E-state index >= 15 is 0 Å².